The van der Waals surface area contributed by atoms with E-state index in [0.717, 1.165) is 0 Å². The Hall–Kier alpha value is -1.51. The van der Waals surface area contributed by atoms with E-state index in [2.05, 4.69) is 24.4 Å². The molecule has 1 N–H and O–H groups in total. The molecular formula is C11H13NO2. The molecule has 0 bridgehead atoms. The zero-order chi connectivity index (χ0) is 9.97. The molecule has 2 rings (SSSR count). The van der Waals surface area contributed by atoms with Crippen molar-refractivity contribution in [2.24, 2.45) is 0 Å². The summed E-state index contributed by atoms with van der Waals surface area (Å²) < 4.78 is 5.13. The van der Waals surface area contributed by atoms with Crippen LogP contribution in [0.25, 0.3) is 0 Å². The summed E-state index contributed by atoms with van der Waals surface area (Å²) in [5.74, 6) is 0.246. The number of carbonyl (C=O) groups is 1. The Labute approximate surface area is 83.1 Å². The van der Waals surface area contributed by atoms with Crippen molar-refractivity contribution in [2.75, 3.05) is 6.54 Å². The van der Waals surface area contributed by atoms with E-state index < -0.39 is 0 Å². The minimum absolute atomic E-state index is 0.0371. The molecule has 1 saturated heterocycles. The first-order chi connectivity index (χ1) is 6.77. The second-order valence-electron chi connectivity index (χ2n) is 3.52. The van der Waals surface area contributed by atoms with Crippen molar-refractivity contribution in [3.8, 4) is 0 Å². The van der Waals surface area contributed by atoms with E-state index in [4.69, 9.17) is 4.74 Å². The molecule has 3 nitrogen and oxygen atoms in total. The van der Waals surface area contributed by atoms with Gasteiger partial charge in [0, 0.05) is 5.92 Å². The Balaban J connectivity index is 2.09. The van der Waals surface area contributed by atoms with Gasteiger partial charge in [-0.05, 0) is 5.56 Å². The average Bonchev–Trinajstić information content (AvgIpc) is 2.65. The van der Waals surface area contributed by atoms with Gasteiger partial charge < -0.3 is 10.1 Å². The summed E-state index contributed by atoms with van der Waals surface area (Å²) in [7, 11) is 0. The van der Waals surface area contributed by atoms with E-state index >= 15 is 0 Å². The molecule has 2 unspecified atom stereocenters. The maximum absolute atomic E-state index is 10.9. The fraction of sp³-hybridized carbons (Fsp3) is 0.364. The van der Waals surface area contributed by atoms with Crippen LogP contribution < -0.4 is 5.32 Å². The monoisotopic (exact) mass is 191 g/mol. The van der Waals surface area contributed by atoms with Crippen LogP contribution in [0, 0.1) is 0 Å². The third-order valence-electron chi connectivity index (χ3n) is 2.59. The van der Waals surface area contributed by atoms with Crippen molar-refractivity contribution >= 4 is 6.09 Å². The SMILES string of the molecule is CC(c1ccccc1)C1CNC(=O)O1. The minimum Gasteiger partial charge on any atom is -0.444 e. The molecule has 1 fully saturated rings. The van der Waals surface area contributed by atoms with E-state index in [-0.39, 0.29) is 18.1 Å². The van der Waals surface area contributed by atoms with E-state index in [1.807, 2.05) is 18.2 Å². The summed E-state index contributed by atoms with van der Waals surface area (Å²) in [6.07, 6.45) is -0.345. The van der Waals surface area contributed by atoms with E-state index in [1.54, 1.807) is 0 Å². The first-order valence-electron chi connectivity index (χ1n) is 4.77. The van der Waals surface area contributed by atoms with Gasteiger partial charge in [0.05, 0.1) is 6.54 Å². The number of benzene rings is 1. The number of hydrogen-bond donors (Lipinski definition) is 1. The van der Waals surface area contributed by atoms with Crippen molar-refractivity contribution in [1.29, 1.82) is 0 Å². The molecule has 0 spiro atoms. The fourth-order valence-electron chi connectivity index (χ4n) is 1.65. The highest BCUT2D eigenvalue weighted by molar-refractivity contribution is 5.69. The van der Waals surface area contributed by atoms with E-state index in [9.17, 15) is 4.79 Å². The molecule has 74 valence electrons. The topological polar surface area (TPSA) is 38.3 Å². The van der Waals surface area contributed by atoms with E-state index in [1.165, 1.54) is 5.56 Å². The van der Waals surface area contributed by atoms with Gasteiger partial charge >= 0.3 is 6.09 Å². The molecule has 2 atom stereocenters. The number of alkyl carbamates (subject to hydrolysis) is 1. The second kappa shape index (κ2) is 3.70. The normalized spacial score (nSPS) is 22.6. The fourth-order valence-corrected chi connectivity index (χ4v) is 1.65. The molecule has 1 aliphatic heterocycles. The quantitative estimate of drug-likeness (QED) is 0.775. The van der Waals surface area contributed by atoms with Crippen molar-refractivity contribution in [3.63, 3.8) is 0 Å². The molecule has 1 heterocycles. The maximum atomic E-state index is 10.9. The number of hydrogen-bond acceptors (Lipinski definition) is 2. The highest BCUT2D eigenvalue weighted by Crippen LogP contribution is 2.22. The zero-order valence-corrected chi connectivity index (χ0v) is 8.07. The van der Waals surface area contributed by atoms with E-state index in [0.29, 0.717) is 6.54 Å². The molecule has 0 aliphatic carbocycles. The Kier molecular flexibility index (Phi) is 2.39. The molecule has 14 heavy (non-hydrogen) atoms. The van der Waals surface area contributed by atoms with Gasteiger partial charge in [-0.25, -0.2) is 4.79 Å². The lowest BCUT2D eigenvalue weighted by molar-refractivity contribution is 0.128. The molecule has 0 radical (unpaired) electrons. The summed E-state index contributed by atoms with van der Waals surface area (Å²) >= 11 is 0. The molecule has 1 aliphatic rings. The number of carbonyl (C=O) groups excluding carboxylic acids is 1. The third-order valence-corrected chi connectivity index (χ3v) is 2.59. The van der Waals surface area contributed by atoms with Crippen LogP contribution in [0.4, 0.5) is 4.79 Å². The molecule has 3 heteroatoms. The Bertz CT molecular complexity index is 323. The van der Waals surface area contributed by atoms with Gasteiger partial charge in [0.25, 0.3) is 0 Å². The van der Waals surface area contributed by atoms with Gasteiger partial charge in [0.2, 0.25) is 0 Å². The molecular weight excluding hydrogens is 178 g/mol. The highest BCUT2D eigenvalue weighted by atomic mass is 16.6. The number of cyclic esters (lactones) is 1. The zero-order valence-electron chi connectivity index (χ0n) is 8.07. The minimum atomic E-state index is -0.308. The average molecular weight is 191 g/mol. The second-order valence-corrected chi connectivity index (χ2v) is 3.52. The number of ether oxygens (including phenoxy) is 1. The van der Waals surface area contributed by atoms with Crippen LogP contribution in [-0.2, 0) is 4.74 Å². The van der Waals surface area contributed by atoms with Crippen LogP contribution in [0.1, 0.15) is 18.4 Å². The smallest absolute Gasteiger partial charge is 0.407 e. The molecule has 0 aromatic heterocycles. The van der Waals surface area contributed by atoms with Crippen LogP contribution >= 0.6 is 0 Å². The van der Waals surface area contributed by atoms with Crippen LogP contribution in [-0.4, -0.2) is 18.7 Å². The Morgan fingerprint density at radius 3 is 2.71 bits per heavy atom. The number of amides is 1. The molecule has 1 aromatic rings. The summed E-state index contributed by atoms with van der Waals surface area (Å²) in [6.45, 7) is 2.68. The summed E-state index contributed by atoms with van der Waals surface area (Å²) in [5.41, 5.74) is 1.20. The largest absolute Gasteiger partial charge is 0.444 e. The summed E-state index contributed by atoms with van der Waals surface area (Å²) in [4.78, 5) is 10.9. The maximum Gasteiger partial charge on any atom is 0.407 e. The standard InChI is InChI=1S/C11H13NO2/c1-8(9-5-3-2-4-6-9)10-7-12-11(13)14-10/h2-6,8,10H,7H2,1H3,(H,12,13). The van der Waals surface area contributed by atoms with Gasteiger partial charge in [0.15, 0.2) is 0 Å². The first kappa shape index (κ1) is 9.06. The van der Waals surface area contributed by atoms with Gasteiger partial charge in [-0.3, -0.25) is 0 Å². The number of rotatable bonds is 2. The predicted molar refractivity (Wildman–Crippen MR) is 53.1 cm³/mol. The lowest BCUT2D eigenvalue weighted by atomic mass is 9.96. The Morgan fingerprint density at radius 1 is 1.43 bits per heavy atom. The van der Waals surface area contributed by atoms with Gasteiger partial charge in [-0.1, -0.05) is 37.3 Å². The summed E-state index contributed by atoms with van der Waals surface area (Å²) in [6, 6.07) is 10.1. The first-order valence-corrected chi connectivity index (χ1v) is 4.77. The van der Waals surface area contributed by atoms with Crippen molar-refractivity contribution in [3.05, 3.63) is 35.9 Å². The lowest BCUT2D eigenvalue weighted by Crippen LogP contribution is -2.20. The van der Waals surface area contributed by atoms with Gasteiger partial charge in [-0.2, -0.15) is 0 Å². The lowest BCUT2D eigenvalue weighted by Gasteiger charge is -2.16. The summed E-state index contributed by atoms with van der Waals surface area (Å²) in [5, 5.41) is 2.66. The molecule has 0 saturated carbocycles. The van der Waals surface area contributed by atoms with Crippen molar-refractivity contribution in [1.82, 2.24) is 5.32 Å². The van der Waals surface area contributed by atoms with Crippen LogP contribution in [0.2, 0.25) is 0 Å². The van der Waals surface area contributed by atoms with Crippen molar-refractivity contribution < 1.29 is 9.53 Å². The van der Waals surface area contributed by atoms with Crippen molar-refractivity contribution in [2.45, 2.75) is 18.9 Å². The Morgan fingerprint density at radius 2 is 2.14 bits per heavy atom. The van der Waals surface area contributed by atoms with Crippen LogP contribution in [0.5, 0.6) is 0 Å². The van der Waals surface area contributed by atoms with Gasteiger partial charge in [-0.15, -0.1) is 0 Å². The molecule has 1 aromatic carbocycles. The third kappa shape index (κ3) is 1.71. The number of nitrogens with one attached hydrogen (secondary N) is 1. The van der Waals surface area contributed by atoms with Gasteiger partial charge in [0.1, 0.15) is 6.10 Å². The van der Waals surface area contributed by atoms with Crippen LogP contribution in [0.3, 0.4) is 0 Å². The van der Waals surface area contributed by atoms with Crippen LogP contribution in [0.15, 0.2) is 30.3 Å². The predicted octanol–water partition coefficient (Wildman–Crippen LogP) is 1.90. The molecule has 1 amide bonds. The highest BCUT2D eigenvalue weighted by Gasteiger charge is 2.28.